The molecule has 38 heavy (non-hydrogen) atoms. The summed E-state index contributed by atoms with van der Waals surface area (Å²) < 4.78 is 11.6. The highest BCUT2D eigenvalue weighted by molar-refractivity contribution is 5.99. The number of hydrogen-bond acceptors (Lipinski definition) is 8. The number of nitriles is 1. The van der Waals surface area contributed by atoms with Crippen molar-refractivity contribution in [1.82, 2.24) is 19.8 Å². The molecule has 4 aliphatic rings. The molecule has 6 rings (SSSR count). The first-order valence-corrected chi connectivity index (χ1v) is 13.2. The molecule has 1 aliphatic carbocycles. The zero-order chi connectivity index (χ0) is 25.9. The molecule has 2 saturated heterocycles. The number of aliphatic imine (C=N–C) groups is 1. The number of morpholine rings is 1. The Balaban J connectivity index is 1.19. The average molecular weight is 511 g/mol. The molecule has 4 heterocycles. The predicted molar refractivity (Wildman–Crippen MR) is 142 cm³/mol. The fourth-order valence-electron chi connectivity index (χ4n) is 5.50. The van der Waals surface area contributed by atoms with Crippen LogP contribution < -0.4 is 4.74 Å². The summed E-state index contributed by atoms with van der Waals surface area (Å²) in [6.07, 6.45) is 12.3. The van der Waals surface area contributed by atoms with Crippen LogP contribution >= 0.6 is 0 Å². The lowest BCUT2D eigenvalue weighted by Crippen LogP contribution is -2.37. The molecule has 0 N–H and O–H groups in total. The molecule has 0 radical (unpaired) electrons. The largest absolute Gasteiger partial charge is 0.489 e. The number of nitrogens with zero attached hydrogens (tertiary/aromatic N) is 6. The number of carbonyl (C=O) groups is 1. The van der Waals surface area contributed by atoms with Gasteiger partial charge in [-0.3, -0.25) is 9.79 Å². The number of ether oxygens (including phenoxy) is 2. The van der Waals surface area contributed by atoms with Crippen LogP contribution in [0.15, 0.2) is 53.4 Å². The van der Waals surface area contributed by atoms with Crippen molar-refractivity contribution >= 4 is 17.8 Å². The van der Waals surface area contributed by atoms with Crippen molar-refractivity contribution in [3.05, 3.63) is 59.7 Å². The summed E-state index contributed by atoms with van der Waals surface area (Å²) in [4.78, 5) is 29.2. The minimum Gasteiger partial charge on any atom is -0.489 e. The van der Waals surface area contributed by atoms with Crippen LogP contribution in [0, 0.1) is 17.2 Å². The predicted octanol–water partition coefficient (Wildman–Crippen LogP) is 3.44. The molecule has 2 fully saturated rings. The lowest BCUT2D eigenvalue weighted by Gasteiger charge is -2.31. The molecule has 3 aliphatic heterocycles. The van der Waals surface area contributed by atoms with Gasteiger partial charge in [0.2, 0.25) is 6.41 Å². The summed E-state index contributed by atoms with van der Waals surface area (Å²) in [5.74, 6) is 0.795. The molecular formula is C29H30N6O3. The van der Waals surface area contributed by atoms with Gasteiger partial charge in [0.1, 0.15) is 29.9 Å². The van der Waals surface area contributed by atoms with Crippen molar-refractivity contribution in [1.29, 1.82) is 5.26 Å². The highest BCUT2D eigenvalue weighted by Gasteiger charge is 2.27. The van der Waals surface area contributed by atoms with E-state index in [0.717, 1.165) is 80.3 Å². The normalized spacial score (nSPS) is 21.4. The zero-order valence-corrected chi connectivity index (χ0v) is 21.3. The molecule has 0 spiro atoms. The molecule has 1 amide bonds. The maximum Gasteiger partial charge on any atom is 0.209 e. The minimum atomic E-state index is -0.0130. The first-order valence-electron chi connectivity index (χ1n) is 13.2. The van der Waals surface area contributed by atoms with Gasteiger partial charge in [0, 0.05) is 68.3 Å². The first-order chi connectivity index (χ1) is 18.7. The van der Waals surface area contributed by atoms with Crippen LogP contribution in [-0.2, 0) is 16.0 Å². The Morgan fingerprint density at radius 2 is 1.97 bits per heavy atom. The number of hydrogen-bond donors (Lipinski definition) is 0. The number of allylic oxidation sites excluding steroid dienone is 3. The smallest absolute Gasteiger partial charge is 0.209 e. The van der Waals surface area contributed by atoms with Crippen molar-refractivity contribution in [2.75, 3.05) is 39.4 Å². The number of amides is 1. The molecule has 0 bridgehead atoms. The highest BCUT2D eigenvalue weighted by atomic mass is 16.5. The summed E-state index contributed by atoms with van der Waals surface area (Å²) in [6.45, 7) is 4.75. The Morgan fingerprint density at radius 3 is 2.71 bits per heavy atom. The van der Waals surface area contributed by atoms with Crippen molar-refractivity contribution in [2.45, 2.75) is 31.8 Å². The third-order valence-corrected chi connectivity index (χ3v) is 7.68. The number of benzene rings is 1. The van der Waals surface area contributed by atoms with Crippen LogP contribution in [0.3, 0.4) is 0 Å². The Kier molecular flexibility index (Phi) is 6.88. The molecule has 194 valence electrons. The van der Waals surface area contributed by atoms with E-state index in [2.05, 4.69) is 39.2 Å². The number of carbonyl (C=O) groups excluding carboxylic acids is 1. The van der Waals surface area contributed by atoms with E-state index in [1.807, 2.05) is 18.2 Å². The number of rotatable bonds is 6. The quantitative estimate of drug-likeness (QED) is 0.549. The molecule has 9 nitrogen and oxygen atoms in total. The fraction of sp³-hybridized carbons (Fsp3) is 0.414. The van der Waals surface area contributed by atoms with Gasteiger partial charge in [0.25, 0.3) is 0 Å². The lowest BCUT2D eigenvalue weighted by molar-refractivity contribution is -0.119. The van der Waals surface area contributed by atoms with Crippen LogP contribution in [-0.4, -0.2) is 77.4 Å². The first kappa shape index (κ1) is 24.3. The number of fused-ring (bicyclic) bond motifs is 1. The average Bonchev–Trinajstić information content (AvgIpc) is 3.43. The fourth-order valence-corrected chi connectivity index (χ4v) is 5.50. The minimum absolute atomic E-state index is 0.0130. The van der Waals surface area contributed by atoms with Gasteiger partial charge in [0.15, 0.2) is 0 Å². The molecular weight excluding hydrogens is 480 g/mol. The third-order valence-electron chi connectivity index (χ3n) is 7.68. The van der Waals surface area contributed by atoms with Gasteiger partial charge in [-0.2, -0.15) is 5.26 Å². The van der Waals surface area contributed by atoms with E-state index in [9.17, 15) is 10.1 Å². The van der Waals surface area contributed by atoms with Crippen molar-refractivity contribution in [2.24, 2.45) is 10.9 Å². The number of piperidine rings is 1. The van der Waals surface area contributed by atoms with Crippen LogP contribution in [0.4, 0.5) is 5.69 Å². The Morgan fingerprint density at radius 1 is 1.13 bits per heavy atom. The standard InChI is InChI=1S/C29H30N6O3/c30-17-22-15-21(3-6-27(22)38-24-7-9-34(19-36)10-8-24)28-29-26(31-18-32-28)16-25(33-29)20-1-4-23(5-2-20)35-11-13-37-14-12-35/h1,3-6,15,18-20,24H,2,7-14,16H2. The maximum atomic E-state index is 11.0. The SMILES string of the molecule is N#Cc1cc(-c2ncnc3c2N=C(C2C=CC(N4CCOCC4)=CC2)C3)ccc1OC1CCN(C=O)CC1. The lowest BCUT2D eigenvalue weighted by atomic mass is 9.92. The van der Waals surface area contributed by atoms with Crippen LogP contribution in [0.2, 0.25) is 0 Å². The van der Waals surface area contributed by atoms with Crippen molar-refractivity contribution < 1.29 is 14.3 Å². The van der Waals surface area contributed by atoms with E-state index < -0.39 is 0 Å². The Hall–Kier alpha value is -4.03. The second-order valence-electron chi connectivity index (χ2n) is 10.0. The van der Waals surface area contributed by atoms with Crippen LogP contribution in [0.1, 0.15) is 30.5 Å². The van der Waals surface area contributed by atoms with E-state index in [-0.39, 0.29) is 12.0 Å². The topological polar surface area (TPSA) is 104 Å². The second-order valence-corrected chi connectivity index (χ2v) is 10.0. The summed E-state index contributed by atoms with van der Waals surface area (Å²) in [5.41, 5.74) is 6.09. The van der Waals surface area contributed by atoms with Gasteiger partial charge in [-0.1, -0.05) is 12.2 Å². The van der Waals surface area contributed by atoms with Gasteiger partial charge in [-0.05, 0) is 30.7 Å². The van der Waals surface area contributed by atoms with E-state index in [0.29, 0.717) is 30.8 Å². The van der Waals surface area contributed by atoms with E-state index in [4.69, 9.17) is 14.5 Å². The van der Waals surface area contributed by atoms with E-state index >= 15 is 0 Å². The monoisotopic (exact) mass is 510 g/mol. The highest BCUT2D eigenvalue weighted by Crippen LogP contribution is 2.38. The Bertz CT molecular complexity index is 1350. The molecule has 1 atom stereocenters. The van der Waals surface area contributed by atoms with Gasteiger partial charge >= 0.3 is 0 Å². The van der Waals surface area contributed by atoms with E-state index in [1.54, 1.807) is 11.2 Å². The van der Waals surface area contributed by atoms with Gasteiger partial charge in [0.05, 0.1) is 30.2 Å². The van der Waals surface area contributed by atoms with Crippen molar-refractivity contribution in [3.8, 4) is 23.1 Å². The molecule has 1 unspecified atom stereocenters. The summed E-state index contributed by atoms with van der Waals surface area (Å²) in [7, 11) is 0. The number of likely N-dealkylation sites (tertiary alicyclic amines) is 1. The molecule has 0 saturated carbocycles. The van der Waals surface area contributed by atoms with Gasteiger partial charge < -0.3 is 19.3 Å². The Labute approximate surface area is 222 Å². The summed E-state index contributed by atoms with van der Waals surface area (Å²) >= 11 is 0. The van der Waals surface area contributed by atoms with E-state index in [1.165, 1.54) is 5.70 Å². The molecule has 1 aromatic heterocycles. The summed E-state index contributed by atoms with van der Waals surface area (Å²) in [5, 5.41) is 9.85. The second kappa shape index (κ2) is 10.8. The molecule has 9 heteroatoms. The van der Waals surface area contributed by atoms with Crippen LogP contribution in [0.25, 0.3) is 11.3 Å². The summed E-state index contributed by atoms with van der Waals surface area (Å²) in [6, 6.07) is 7.88. The molecule has 2 aromatic rings. The zero-order valence-electron chi connectivity index (χ0n) is 21.3. The van der Waals surface area contributed by atoms with Crippen molar-refractivity contribution in [3.63, 3.8) is 0 Å². The third kappa shape index (κ3) is 4.92. The van der Waals surface area contributed by atoms with Crippen LogP contribution in [0.5, 0.6) is 5.75 Å². The van der Waals surface area contributed by atoms with Gasteiger partial charge in [-0.25, -0.2) is 9.97 Å². The maximum absolute atomic E-state index is 11.0. The number of aromatic nitrogens is 2. The molecule has 1 aromatic carbocycles. The van der Waals surface area contributed by atoms with Gasteiger partial charge in [-0.15, -0.1) is 0 Å².